The lowest BCUT2D eigenvalue weighted by Crippen LogP contribution is -2.25. The minimum atomic E-state index is -0.102. The molecule has 0 aliphatic carbocycles. The molecule has 0 amide bonds. The summed E-state index contributed by atoms with van der Waals surface area (Å²) < 4.78 is 7.26. The van der Waals surface area contributed by atoms with Crippen LogP contribution in [0.3, 0.4) is 0 Å². The zero-order valence-electron chi connectivity index (χ0n) is 20.7. The summed E-state index contributed by atoms with van der Waals surface area (Å²) in [6, 6.07) is 17.6. The highest BCUT2D eigenvalue weighted by atomic mass is 127. The largest absolute Gasteiger partial charge is 0.388 e. The third-order valence-corrected chi connectivity index (χ3v) is 8.22. The Kier molecular flexibility index (Phi) is 13.8. The van der Waals surface area contributed by atoms with Gasteiger partial charge in [-0.15, -0.1) is 0 Å². The third kappa shape index (κ3) is 7.86. The molecule has 2 aromatic carbocycles. The normalized spacial score (nSPS) is 12.6. The van der Waals surface area contributed by atoms with Gasteiger partial charge in [-0.05, 0) is 48.1 Å². The molecule has 2 nitrogen and oxygen atoms in total. The second-order valence-electron chi connectivity index (χ2n) is 7.22. The molecule has 0 N–H and O–H groups in total. The molecule has 32 heavy (non-hydrogen) atoms. The highest BCUT2D eigenvalue weighted by Crippen LogP contribution is 2.36. The molecule has 174 valence electrons. The average molecular weight is 546 g/mol. The Morgan fingerprint density at radius 2 is 1.59 bits per heavy atom. The van der Waals surface area contributed by atoms with Crippen molar-refractivity contribution in [1.29, 1.82) is 0 Å². The molecule has 0 spiro atoms. The Morgan fingerprint density at radius 3 is 2.12 bits per heavy atom. The van der Waals surface area contributed by atoms with Crippen LogP contribution in [0, 0.1) is 6.92 Å². The highest BCUT2D eigenvalue weighted by Gasteiger charge is 2.22. The van der Waals surface area contributed by atoms with Crippen LogP contribution in [0.4, 0.5) is 0 Å². The number of nitrogens with zero attached hydrogens (tertiary/aromatic N) is 1. The summed E-state index contributed by atoms with van der Waals surface area (Å²) in [5.74, 6) is 0. The van der Waals surface area contributed by atoms with E-state index in [2.05, 4.69) is 85.2 Å². The Bertz CT molecular complexity index is 909. The Balaban J connectivity index is 0.000000944. The molecule has 1 aliphatic heterocycles. The number of hydrogen-bond donors (Lipinski definition) is 0. The fourth-order valence-corrected chi connectivity index (χ4v) is 6.42. The number of unbranched alkanes of at least 4 members (excludes halogenated alkanes) is 1. The summed E-state index contributed by atoms with van der Waals surface area (Å²) in [4.78, 5) is 2.50. The predicted octanol–water partition coefficient (Wildman–Crippen LogP) is 8.64. The quantitative estimate of drug-likeness (QED) is 0.308. The van der Waals surface area contributed by atoms with Gasteiger partial charge in [0.05, 0.1) is 9.33 Å². The molecular weight excluding hydrogens is 505 g/mol. The van der Waals surface area contributed by atoms with E-state index in [1.54, 1.807) is 17.9 Å². The summed E-state index contributed by atoms with van der Waals surface area (Å²) in [6.45, 7) is 17.5. The molecule has 0 saturated carbocycles. The smallest absolute Gasteiger partial charge is 0.0540 e. The van der Waals surface area contributed by atoms with Crippen LogP contribution in [0.15, 0.2) is 83.1 Å². The van der Waals surface area contributed by atoms with Gasteiger partial charge in [0, 0.05) is 24.3 Å². The molecule has 1 heterocycles. The van der Waals surface area contributed by atoms with Crippen molar-refractivity contribution >= 4 is 24.4 Å². The van der Waals surface area contributed by atoms with E-state index in [0.29, 0.717) is 0 Å². The molecule has 0 unspecified atom stereocenters. The lowest BCUT2D eigenvalue weighted by molar-refractivity contribution is 0.277. The van der Waals surface area contributed by atoms with Gasteiger partial charge in [-0.3, -0.25) is 0 Å². The fraction of sp³-hybridized carbons (Fsp3) is 0.345. The van der Waals surface area contributed by atoms with Crippen molar-refractivity contribution in [3.63, 3.8) is 0 Å². The van der Waals surface area contributed by atoms with Crippen LogP contribution in [-0.2, 0) is 11.3 Å². The van der Waals surface area contributed by atoms with E-state index < -0.39 is 0 Å². The van der Waals surface area contributed by atoms with Gasteiger partial charge >= 0.3 is 0 Å². The Hall–Kier alpha value is -1.98. The van der Waals surface area contributed by atoms with E-state index in [0.717, 1.165) is 6.54 Å². The van der Waals surface area contributed by atoms with E-state index in [1.165, 1.54) is 50.8 Å². The molecule has 2 aromatic rings. The van der Waals surface area contributed by atoms with Crippen molar-refractivity contribution in [1.82, 2.24) is 4.90 Å². The van der Waals surface area contributed by atoms with Gasteiger partial charge in [0.2, 0.25) is 0 Å². The van der Waals surface area contributed by atoms with Gasteiger partial charge in [-0.2, -0.15) is 0 Å². The molecule has 3 rings (SSSR count). The summed E-state index contributed by atoms with van der Waals surface area (Å²) in [6.07, 6.45) is 7.74. The zero-order valence-corrected chi connectivity index (χ0v) is 22.9. The third-order valence-electron chi connectivity index (χ3n) is 4.90. The maximum absolute atomic E-state index is 4.25. The number of halogens is 1. The molecule has 0 bridgehead atoms. The van der Waals surface area contributed by atoms with Gasteiger partial charge in [-0.25, -0.2) is 0 Å². The van der Waals surface area contributed by atoms with Crippen LogP contribution < -0.4 is 0 Å². The van der Waals surface area contributed by atoms with E-state index in [4.69, 9.17) is 0 Å². The maximum atomic E-state index is 4.25. The lowest BCUT2D eigenvalue weighted by Gasteiger charge is -2.24. The molecule has 0 radical (unpaired) electrons. The molecule has 0 atom stereocenters. The first-order chi connectivity index (χ1) is 15.6. The van der Waals surface area contributed by atoms with Crippen molar-refractivity contribution in [2.45, 2.75) is 53.5 Å². The predicted molar refractivity (Wildman–Crippen MR) is 152 cm³/mol. The van der Waals surface area contributed by atoms with E-state index in [-0.39, 0.29) is 20.7 Å². The summed E-state index contributed by atoms with van der Waals surface area (Å²) in [5, 5.41) is 0. The summed E-state index contributed by atoms with van der Waals surface area (Å²) >= 11 is -0.102. The molecule has 0 aromatic heterocycles. The molecule has 0 fully saturated rings. The maximum Gasteiger partial charge on any atom is 0.0540 e. The lowest BCUT2D eigenvalue weighted by atomic mass is 9.99. The Morgan fingerprint density at radius 1 is 0.969 bits per heavy atom. The van der Waals surface area contributed by atoms with Crippen LogP contribution in [0.1, 0.15) is 51.2 Å². The molecular formula is C29H40INO. The van der Waals surface area contributed by atoms with Crippen molar-refractivity contribution in [3.8, 4) is 11.1 Å². The highest BCUT2D eigenvalue weighted by molar-refractivity contribution is 14.2. The van der Waals surface area contributed by atoms with Gasteiger partial charge < -0.3 is 9.64 Å². The SMILES string of the molecule is C=CC1=C(C=C)N(Cc2ccc(-c3ccccc3C)cc2)C(CCCC)=I1.CC.COC. The minimum Gasteiger partial charge on any atom is -0.388 e. The monoisotopic (exact) mass is 545 g/mol. The first-order valence-corrected chi connectivity index (χ1v) is 13.6. The molecule has 1 aliphatic rings. The van der Waals surface area contributed by atoms with Crippen LogP contribution in [-0.4, -0.2) is 22.8 Å². The van der Waals surface area contributed by atoms with Crippen molar-refractivity contribution in [2.75, 3.05) is 14.2 Å². The zero-order chi connectivity index (χ0) is 23.9. The van der Waals surface area contributed by atoms with Gasteiger partial charge in [0.1, 0.15) is 0 Å². The number of aryl methyl sites for hydroxylation is 1. The van der Waals surface area contributed by atoms with E-state index in [9.17, 15) is 0 Å². The fourth-order valence-electron chi connectivity index (χ4n) is 3.37. The van der Waals surface area contributed by atoms with E-state index in [1.807, 2.05) is 26.0 Å². The standard InChI is InChI=1S/C25H28IN.C2H6O.C2H6/c1-5-8-13-25-26-23(6-2)24(7-3)27(25)18-20-14-16-21(17-15-20)22-12-10-9-11-19(22)4;1-3-2;1-2/h6-7,9-12,14-17H,2-3,5,8,13,18H2,1,4H3;1-2H3;1-2H3. The van der Waals surface area contributed by atoms with Crippen molar-refractivity contribution in [3.05, 3.63) is 94.2 Å². The number of rotatable bonds is 8. The molecule has 0 saturated heterocycles. The topological polar surface area (TPSA) is 12.5 Å². The summed E-state index contributed by atoms with van der Waals surface area (Å²) in [7, 11) is 3.25. The second-order valence-corrected chi connectivity index (χ2v) is 10.2. The van der Waals surface area contributed by atoms with Gasteiger partial charge in [-0.1, -0.05) is 116 Å². The van der Waals surface area contributed by atoms with Crippen molar-refractivity contribution < 1.29 is 4.74 Å². The van der Waals surface area contributed by atoms with Gasteiger partial charge in [0.25, 0.3) is 0 Å². The number of benzene rings is 2. The first kappa shape index (κ1) is 28.1. The van der Waals surface area contributed by atoms with Crippen molar-refractivity contribution in [2.24, 2.45) is 0 Å². The number of ether oxygens (including phenoxy) is 1. The minimum absolute atomic E-state index is 0.102. The average Bonchev–Trinajstić information content (AvgIpc) is 3.16. The first-order valence-electron chi connectivity index (χ1n) is 11.4. The Labute approximate surface area is 206 Å². The number of methoxy groups -OCH3 is 1. The van der Waals surface area contributed by atoms with Crippen LogP contribution >= 0.6 is 20.7 Å². The molecule has 3 heteroatoms. The van der Waals surface area contributed by atoms with Crippen LogP contribution in [0.25, 0.3) is 11.1 Å². The van der Waals surface area contributed by atoms with E-state index >= 15 is 0 Å². The number of allylic oxidation sites excluding steroid dienone is 3. The van der Waals surface area contributed by atoms with Crippen LogP contribution in [0.2, 0.25) is 0 Å². The number of hydrogen-bond acceptors (Lipinski definition) is 2. The van der Waals surface area contributed by atoms with Crippen LogP contribution in [0.5, 0.6) is 0 Å². The second kappa shape index (κ2) is 15.8. The summed E-state index contributed by atoms with van der Waals surface area (Å²) in [5.41, 5.74) is 6.53. The van der Waals surface area contributed by atoms with Gasteiger partial charge in [0.15, 0.2) is 0 Å².